The Morgan fingerprint density at radius 1 is 1.03 bits per heavy atom. The molecule has 0 fully saturated rings. The van der Waals surface area contributed by atoms with Gasteiger partial charge in [0.25, 0.3) is 5.91 Å². The highest BCUT2D eigenvalue weighted by Gasteiger charge is 2.36. The van der Waals surface area contributed by atoms with Crippen molar-refractivity contribution in [1.29, 1.82) is 0 Å². The summed E-state index contributed by atoms with van der Waals surface area (Å²) in [7, 11) is 6.13. The highest BCUT2D eigenvalue weighted by molar-refractivity contribution is 6.30. The van der Waals surface area contributed by atoms with Crippen LogP contribution in [0.5, 0.6) is 17.2 Å². The Balaban J connectivity index is 2.10. The summed E-state index contributed by atoms with van der Waals surface area (Å²) in [5.41, 5.74) is 2.01. The Morgan fingerprint density at radius 2 is 1.61 bits per heavy atom. The van der Waals surface area contributed by atoms with Crippen molar-refractivity contribution in [2.24, 2.45) is 0 Å². The maximum absolute atomic E-state index is 13.3. The van der Waals surface area contributed by atoms with Gasteiger partial charge in [0.1, 0.15) is 5.75 Å². The van der Waals surface area contributed by atoms with Crippen molar-refractivity contribution in [2.75, 3.05) is 33.7 Å². The van der Waals surface area contributed by atoms with Crippen molar-refractivity contribution in [3.63, 3.8) is 0 Å². The van der Waals surface area contributed by atoms with Crippen LogP contribution in [0.25, 0.3) is 0 Å². The summed E-state index contributed by atoms with van der Waals surface area (Å²) in [6.45, 7) is 1.72. The van der Waals surface area contributed by atoms with Crippen LogP contribution in [0.3, 0.4) is 0 Å². The Labute approximate surface area is 185 Å². The molecule has 0 saturated heterocycles. The first-order chi connectivity index (χ1) is 14.8. The third-order valence-electron chi connectivity index (χ3n) is 5.15. The van der Waals surface area contributed by atoms with Crippen LogP contribution >= 0.6 is 11.6 Å². The lowest BCUT2D eigenvalue weighted by Gasteiger charge is -2.34. The minimum atomic E-state index is -0.772. The van der Waals surface area contributed by atoms with E-state index in [2.05, 4.69) is 10.6 Å². The smallest absolute Gasteiger partial charge is 0.322 e. The zero-order chi connectivity index (χ0) is 22.7. The normalized spacial score (nSPS) is 16.0. The highest BCUT2D eigenvalue weighted by atomic mass is 35.5. The number of carbonyl (C=O) groups is 2. The number of nitrogens with one attached hydrogen (secondary N) is 2. The maximum Gasteiger partial charge on any atom is 0.322 e. The fourth-order valence-electron chi connectivity index (χ4n) is 3.37. The molecule has 0 aliphatic carbocycles. The molecule has 1 heterocycles. The van der Waals surface area contributed by atoms with E-state index in [0.717, 1.165) is 0 Å². The molecule has 1 unspecified atom stereocenters. The molecule has 0 radical (unpaired) electrons. The zero-order valence-electron chi connectivity index (χ0n) is 17.9. The molecule has 2 aromatic rings. The fraction of sp³-hybridized carbons (Fsp3) is 0.273. The van der Waals surface area contributed by atoms with E-state index in [0.29, 0.717) is 44.8 Å². The Hall–Kier alpha value is -3.39. The number of hydrogen-bond donors (Lipinski definition) is 2. The summed E-state index contributed by atoms with van der Waals surface area (Å²) in [6.07, 6.45) is 0. The van der Waals surface area contributed by atoms with Gasteiger partial charge in [-0.1, -0.05) is 11.6 Å². The Morgan fingerprint density at radius 3 is 2.19 bits per heavy atom. The molecule has 1 atom stereocenters. The van der Waals surface area contributed by atoms with E-state index in [-0.39, 0.29) is 11.9 Å². The predicted octanol–water partition coefficient (Wildman–Crippen LogP) is 3.97. The number of halogens is 1. The summed E-state index contributed by atoms with van der Waals surface area (Å²) in [4.78, 5) is 27.3. The van der Waals surface area contributed by atoms with Crippen molar-refractivity contribution < 1.29 is 23.8 Å². The molecule has 9 heteroatoms. The Bertz CT molecular complexity index is 1040. The number of ether oxygens (including phenoxy) is 3. The number of allylic oxidation sites excluding steroid dienone is 1. The molecule has 0 bridgehead atoms. The molecule has 31 heavy (non-hydrogen) atoms. The number of nitrogens with zero attached hydrogens (tertiary/aromatic N) is 1. The molecule has 8 nitrogen and oxygen atoms in total. The van der Waals surface area contributed by atoms with Crippen LogP contribution in [0.1, 0.15) is 18.5 Å². The van der Waals surface area contributed by atoms with Gasteiger partial charge in [0.15, 0.2) is 11.5 Å². The summed E-state index contributed by atoms with van der Waals surface area (Å²) in [5.74, 6) is 0.988. The lowest BCUT2D eigenvalue weighted by molar-refractivity contribution is -0.113. The fourth-order valence-corrected chi connectivity index (χ4v) is 3.50. The molecule has 0 aromatic heterocycles. The van der Waals surface area contributed by atoms with Gasteiger partial charge < -0.3 is 29.7 Å². The van der Waals surface area contributed by atoms with Crippen molar-refractivity contribution in [3.05, 3.63) is 58.3 Å². The van der Waals surface area contributed by atoms with E-state index < -0.39 is 6.04 Å². The van der Waals surface area contributed by atoms with Gasteiger partial charge in [0, 0.05) is 35.1 Å². The number of rotatable bonds is 6. The summed E-state index contributed by atoms with van der Waals surface area (Å²) >= 11 is 5.93. The second kappa shape index (κ2) is 9.18. The average molecular weight is 446 g/mol. The monoisotopic (exact) mass is 445 g/mol. The standard InChI is InChI=1S/C22H24ClN3O5/c1-12-19(21(27)24-14-8-6-13(23)7-9-14)20(25-22(28)26(12)2)15-10-17(30-4)18(31-5)11-16(15)29-3/h6-11,20H,1-5H3,(H,24,27)(H,25,28). The van der Waals surface area contributed by atoms with Crippen molar-refractivity contribution in [2.45, 2.75) is 13.0 Å². The maximum atomic E-state index is 13.3. The molecule has 0 spiro atoms. The molecule has 164 valence electrons. The topological polar surface area (TPSA) is 89.1 Å². The second-order valence-electron chi connectivity index (χ2n) is 6.85. The third-order valence-corrected chi connectivity index (χ3v) is 5.40. The van der Waals surface area contributed by atoms with Crippen LogP contribution in [-0.2, 0) is 4.79 Å². The van der Waals surface area contributed by atoms with Crippen molar-refractivity contribution in [3.8, 4) is 17.2 Å². The average Bonchev–Trinajstić information content (AvgIpc) is 2.77. The first-order valence-corrected chi connectivity index (χ1v) is 9.80. The lowest BCUT2D eigenvalue weighted by atomic mass is 9.93. The van der Waals surface area contributed by atoms with Gasteiger partial charge in [-0.2, -0.15) is 0 Å². The number of anilines is 1. The highest BCUT2D eigenvalue weighted by Crippen LogP contribution is 2.41. The molecule has 3 amide bonds. The van der Waals surface area contributed by atoms with Gasteiger partial charge in [0.2, 0.25) is 0 Å². The summed E-state index contributed by atoms with van der Waals surface area (Å²) in [5, 5.41) is 6.30. The first-order valence-electron chi connectivity index (χ1n) is 9.42. The number of amides is 3. The summed E-state index contributed by atoms with van der Waals surface area (Å²) in [6, 6.07) is 9.00. The zero-order valence-corrected chi connectivity index (χ0v) is 18.7. The quantitative estimate of drug-likeness (QED) is 0.702. The number of carbonyl (C=O) groups excluding carboxylic acids is 2. The van der Waals surface area contributed by atoms with Gasteiger partial charge in [-0.25, -0.2) is 4.79 Å². The van der Waals surface area contributed by atoms with Crippen LogP contribution in [-0.4, -0.2) is 45.2 Å². The third kappa shape index (κ3) is 4.39. The molecule has 1 aliphatic rings. The van der Waals surface area contributed by atoms with Crippen molar-refractivity contribution in [1.82, 2.24) is 10.2 Å². The van der Waals surface area contributed by atoms with E-state index in [1.165, 1.54) is 26.2 Å². The van der Waals surface area contributed by atoms with Crippen LogP contribution in [0.15, 0.2) is 47.7 Å². The van der Waals surface area contributed by atoms with Crippen LogP contribution < -0.4 is 24.8 Å². The van der Waals surface area contributed by atoms with Gasteiger partial charge in [-0.05, 0) is 37.3 Å². The predicted molar refractivity (Wildman–Crippen MR) is 118 cm³/mol. The van der Waals surface area contributed by atoms with Crippen LogP contribution in [0, 0.1) is 0 Å². The van der Waals surface area contributed by atoms with Gasteiger partial charge >= 0.3 is 6.03 Å². The number of hydrogen-bond acceptors (Lipinski definition) is 5. The number of urea groups is 1. The molecular weight excluding hydrogens is 422 g/mol. The summed E-state index contributed by atoms with van der Waals surface area (Å²) < 4.78 is 16.3. The van der Waals surface area contributed by atoms with Gasteiger partial charge in [-0.15, -0.1) is 0 Å². The molecule has 1 aliphatic heterocycles. The first kappa shape index (κ1) is 22.3. The molecule has 2 N–H and O–H groups in total. The molecular formula is C22H24ClN3O5. The minimum Gasteiger partial charge on any atom is -0.496 e. The van der Waals surface area contributed by atoms with E-state index in [1.807, 2.05) is 0 Å². The van der Waals surface area contributed by atoms with Gasteiger partial charge in [-0.3, -0.25) is 4.79 Å². The van der Waals surface area contributed by atoms with E-state index in [9.17, 15) is 9.59 Å². The SMILES string of the molecule is COc1cc(OC)c(C2NC(=O)N(C)C(C)=C2C(=O)Nc2ccc(Cl)cc2)cc1OC. The molecule has 2 aromatic carbocycles. The number of methoxy groups -OCH3 is 3. The largest absolute Gasteiger partial charge is 0.496 e. The second-order valence-corrected chi connectivity index (χ2v) is 7.29. The number of benzene rings is 2. The van der Waals surface area contributed by atoms with E-state index in [1.54, 1.807) is 50.4 Å². The lowest BCUT2D eigenvalue weighted by Crippen LogP contribution is -2.46. The van der Waals surface area contributed by atoms with E-state index in [4.69, 9.17) is 25.8 Å². The van der Waals surface area contributed by atoms with E-state index >= 15 is 0 Å². The molecule has 0 saturated carbocycles. The molecule has 3 rings (SSSR count). The van der Waals surface area contributed by atoms with Crippen LogP contribution in [0.2, 0.25) is 5.02 Å². The van der Waals surface area contributed by atoms with Gasteiger partial charge in [0.05, 0.1) is 32.9 Å². The van der Waals surface area contributed by atoms with Crippen molar-refractivity contribution >= 4 is 29.2 Å². The minimum absolute atomic E-state index is 0.345. The van der Waals surface area contributed by atoms with Crippen LogP contribution in [0.4, 0.5) is 10.5 Å². The Kier molecular flexibility index (Phi) is 6.60.